The first-order chi connectivity index (χ1) is 18.6. The molecule has 2 N–H and O–H groups in total. The van der Waals surface area contributed by atoms with E-state index in [-0.39, 0.29) is 4.90 Å². The number of pyridine rings is 1. The van der Waals surface area contributed by atoms with Crippen LogP contribution in [0.5, 0.6) is 17.4 Å². The molecule has 1 aromatic heterocycles. The van der Waals surface area contributed by atoms with Gasteiger partial charge in [0, 0.05) is 11.8 Å². The highest BCUT2D eigenvalue weighted by Crippen LogP contribution is 2.25. The molecule has 0 fully saturated rings. The maximum atomic E-state index is 12.6. The highest BCUT2D eigenvalue weighted by molar-refractivity contribution is 7.89. The van der Waals surface area contributed by atoms with Gasteiger partial charge in [0.05, 0.1) is 4.90 Å². The molecule has 0 bridgehead atoms. The summed E-state index contributed by atoms with van der Waals surface area (Å²) in [4.78, 5) is 15.7. The summed E-state index contributed by atoms with van der Waals surface area (Å²) in [6, 6.07) is 25.8. The number of hydrogen-bond acceptors (Lipinski definition) is 6. The molecule has 0 spiro atoms. The lowest BCUT2D eigenvalue weighted by Crippen LogP contribution is -2.44. The van der Waals surface area contributed by atoms with Crippen LogP contribution in [0.4, 0.5) is 0 Å². The standard InChI is InChI=1S/C30H30N2O6S/c1-20(2)29(30(33)34)32-39(35,36)27-17-11-24(12-18-27)23-9-7-22(8-10-23)19-37-25-13-15-26(16-14-25)38-28-6-4-5-21(3)31-28/h4-18,20,29,32H,19H2,1-3H3,(H,33,34)/t29-/m1/s1. The van der Waals surface area contributed by atoms with Crippen LogP contribution >= 0.6 is 0 Å². The van der Waals surface area contributed by atoms with Gasteiger partial charge < -0.3 is 14.6 Å². The minimum atomic E-state index is -3.97. The van der Waals surface area contributed by atoms with Crippen molar-refractivity contribution in [2.75, 3.05) is 0 Å². The number of carboxylic acids is 1. The fourth-order valence-corrected chi connectivity index (χ4v) is 5.13. The van der Waals surface area contributed by atoms with Crippen molar-refractivity contribution >= 4 is 16.0 Å². The van der Waals surface area contributed by atoms with Crippen molar-refractivity contribution in [1.29, 1.82) is 0 Å². The first-order valence-corrected chi connectivity index (χ1v) is 13.9. The predicted octanol–water partition coefficient (Wildman–Crippen LogP) is 5.82. The highest BCUT2D eigenvalue weighted by atomic mass is 32.2. The fourth-order valence-electron chi connectivity index (χ4n) is 3.79. The monoisotopic (exact) mass is 546 g/mol. The van der Waals surface area contributed by atoms with Gasteiger partial charge in [-0.3, -0.25) is 4.79 Å². The van der Waals surface area contributed by atoms with E-state index in [1.165, 1.54) is 12.1 Å². The number of aliphatic carboxylic acids is 1. The number of aromatic nitrogens is 1. The molecular formula is C30H30N2O6S. The van der Waals surface area contributed by atoms with Crippen LogP contribution in [-0.4, -0.2) is 30.5 Å². The van der Waals surface area contributed by atoms with Crippen molar-refractivity contribution in [2.24, 2.45) is 5.92 Å². The molecule has 4 aromatic rings. The molecule has 0 amide bonds. The number of rotatable bonds is 11. The zero-order chi connectivity index (χ0) is 28.0. The number of carboxylic acid groups (broad SMARTS) is 1. The number of nitrogens with one attached hydrogen (secondary N) is 1. The zero-order valence-electron chi connectivity index (χ0n) is 21.9. The summed E-state index contributed by atoms with van der Waals surface area (Å²) in [5.74, 6) is 0.303. The van der Waals surface area contributed by atoms with Crippen LogP contribution in [0.2, 0.25) is 0 Å². The van der Waals surface area contributed by atoms with E-state index in [2.05, 4.69) is 9.71 Å². The zero-order valence-corrected chi connectivity index (χ0v) is 22.7. The Labute approximate surface area is 228 Å². The Bertz CT molecular complexity index is 1520. The lowest BCUT2D eigenvalue weighted by atomic mass is 10.0. The van der Waals surface area contributed by atoms with Gasteiger partial charge in [0.1, 0.15) is 24.1 Å². The Kier molecular flexibility index (Phi) is 8.63. The third kappa shape index (κ3) is 7.43. The van der Waals surface area contributed by atoms with Crippen molar-refractivity contribution in [1.82, 2.24) is 9.71 Å². The third-order valence-corrected chi connectivity index (χ3v) is 7.44. The normalized spacial score (nSPS) is 12.2. The second-order valence-corrected chi connectivity index (χ2v) is 11.1. The minimum Gasteiger partial charge on any atom is -0.489 e. The first kappa shape index (κ1) is 27.8. The second kappa shape index (κ2) is 12.1. The van der Waals surface area contributed by atoms with E-state index < -0.39 is 28.0 Å². The molecule has 0 aliphatic carbocycles. The van der Waals surface area contributed by atoms with Crippen LogP contribution in [0.15, 0.2) is 95.9 Å². The fraction of sp³-hybridized carbons (Fsp3) is 0.200. The van der Waals surface area contributed by atoms with E-state index in [1.807, 2.05) is 67.6 Å². The van der Waals surface area contributed by atoms with Gasteiger partial charge in [-0.1, -0.05) is 56.3 Å². The molecule has 9 heteroatoms. The van der Waals surface area contributed by atoms with Gasteiger partial charge in [0.15, 0.2) is 0 Å². The van der Waals surface area contributed by atoms with Gasteiger partial charge in [-0.25, -0.2) is 13.4 Å². The number of aryl methyl sites for hydroxylation is 1. The van der Waals surface area contributed by atoms with Gasteiger partial charge in [-0.2, -0.15) is 4.72 Å². The van der Waals surface area contributed by atoms with Crippen molar-refractivity contribution in [3.63, 3.8) is 0 Å². The molecule has 39 heavy (non-hydrogen) atoms. The molecule has 202 valence electrons. The Morgan fingerprint density at radius 2 is 1.46 bits per heavy atom. The van der Waals surface area contributed by atoms with Crippen LogP contribution in [0.3, 0.4) is 0 Å². The molecule has 0 saturated heterocycles. The first-order valence-electron chi connectivity index (χ1n) is 12.4. The summed E-state index contributed by atoms with van der Waals surface area (Å²) in [7, 11) is -3.97. The van der Waals surface area contributed by atoms with Crippen LogP contribution < -0.4 is 14.2 Å². The number of carbonyl (C=O) groups is 1. The quantitative estimate of drug-likeness (QED) is 0.244. The molecule has 0 saturated carbocycles. The topological polar surface area (TPSA) is 115 Å². The van der Waals surface area contributed by atoms with Crippen molar-refractivity contribution < 1.29 is 27.8 Å². The van der Waals surface area contributed by atoms with E-state index in [9.17, 15) is 18.3 Å². The summed E-state index contributed by atoms with van der Waals surface area (Å²) in [6.45, 7) is 5.58. The second-order valence-electron chi connectivity index (χ2n) is 9.38. The van der Waals surface area contributed by atoms with Crippen LogP contribution in [0.1, 0.15) is 25.1 Å². The number of hydrogen-bond donors (Lipinski definition) is 2. The lowest BCUT2D eigenvalue weighted by Gasteiger charge is -2.18. The van der Waals surface area contributed by atoms with Crippen LogP contribution in [0, 0.1) is 12.8 Å². The summed E-state index contributed by atoms with van der Waals surface area (Å²) in [5, 5.41) is 9.30. The Morgan fingerprint density at radius 3 is 2.03 bits per heavy atom. The predicted molar refractivity (Wildman–Crippen MR) is 148 cm³/mol. The molecule has 0 unspecified atom stereocenters. The summed E-state index contributed by atoms with van der Waals surface area (Å²) in [5.41, 5.74) is 3.60. The molecule has 0 aliphatic rings. The maximum Gasteiger partial charge on any atom is 0.322 e. The van der Waals surface area contributed by atoms with Crippen LogP contribution in [-0.2, 0) is 21.4 Å². The Morgan fingerprint density at radius 1 is 0.872 bits per heavy atom. The molecule has 1 atom stereocenters. The van der Waals surface area contributed by atoms with Gasteiger partial charge in [-0.15, -0.1) is 0 Å². The van der Waals surface area contributed by atoms with E-state index in [0.717, 1.165) is 22.4 Å². The third-order valence-electron chi connectivity index (χ3n) is 5.98. The number of benzene rings is 3. The van der Waals surface area contributed by atoms with Crippen molar-refractivity contribution in [3.05, 3.63) is 102 Å². The average molecular weight is 547 g/mol. The molecule has 0 radical (unpaired) electrons. The van der Waals surface area contributed by atoms with E-state index in [1.54, 1.807) is 32.0 Å². The highest BCUT2D eigenvalue weighted by Gasteiger charge is 2.27. The maximum absolute atomic E-state index is 12.6. The molecule has 1 heterocycles. The number of sulfonamides is 1. The number of ether oxygens (including phenoxy) is 2. The average Bonchev–Trinajstić information content (AvgIpc) is 2.91. The summed E-state index contributed by atoms with van der Waals surface area (Å²) >= 11 is 0. The van der Waals surface area contributed by atoms with Gasteiger partial charge >= 0.3 is 5.97 Å². The number of nitrogens with zero attached hydrogens (tertiary/aromatic N) is 1. The minimum absolute atomic E-state index is 0.00901. The molecule has 4 rings (SSSR count). The van der Waals surface area contributed by atoms with Gasteiger partial charge in [-0.05, 0) is 72.0 Å². The van der Waals surface area contributed by atoms with E-state index in [4.69, 9.17) is 9.47 Å². The van der Waals surface area contributed by atoms with Gasteiger partial charge in [0.2, 0.25) is 15.9 Å². The van der Waals surface area contributed by atoms with E-state index in [0.29, 0.717) is 24.0 Å². The summed E-state index contributed by atoms with van der Waals surface area (Å²) < 4.78 is 39.2. The SMILES string of the molecule is Cc1cccc(Oc2ccc(OCc3ccc(-c4ccc(S(=O)(=O)N[C@@H](C(=O)O)C(C)C)cc4)cc3)cc2)n1. The molecule has 8 nitrogen and oxygen atoms in total. The molecule has 0 aliphatic heterocycles. The van der Waals surface area contributed by atoms with Crippen molar-refractivity contribution in [3.8, 4) is 28.5 Å². The summed E-state index contributed by atoms with van der Waals surface area (Å²) in [6.07, 6.45) is 0. The van der Waals surface area contributed by atoms with E-state index >= 15 is 0 Å². The Hall–Kier alpha value is -4.21. The molecule has 3 aromatic carbocycles. The largest absolute Gasteiger partial charge is 0.489 e. The lowest BCUT2D eigenvalue weighted by molar-refractivity contribution is -0.140. The van der Waals surface area contributed by atoms with Crippen molar-refractivity contribution in [2.45, 2.75) is 38.3 Å². The smallest absolute Gasteiger partial charge is 0.322 e. The van der Waals surface area contributed by atoms with Gasteiger partial charge in [0.25, 0.3) is 0 Å². The Balaban J connectivity index is 1.34. The van der Waals surface area contributed by atoms with Crippen LogP contribution in [0.25, 0.3) is 11.1 Å². The molecular weight excluding hydrogens is 516 g/mol.